The highest BCUT2D eigenvalue weighted by Crippen LogP contribution is 2.28. The van der Waals surface area contributed by atoms with Gasteiger partial charge in [0.2, 0.25) is 0 Å². The summed E-state index contributed by atoms with van der Waals surface area (Å²) >= 11 is 0. The van der Waals surface area contributed by atoms with Crippen LogP contribution in [0.2, 0.25) is 0 Å². The van der Waals surface area contributed by atoms with Crippen LogP contribution in [0.25, 0.3) is 5.69 Å². The van der Waals surface area contributed by atoms with Gasteiger partial charge in [-0.25, -0.2) is 9.07 Å². The van der Waals surface area contributed by atoms with E-state index in [9.17, 15) is 9.50 Å². The highest BCUT2D eigenvalue weighted by molar-refractivity contribution is 5.40. The Bertz CT molecular complexity index is 670. The molecule has 0 amide bonds. The Morgan fingerprint density at radius 1 is 1.25 bits per heavy atom. The van der Waals surface area contributed by atoms with Crippen LogP contribution in [-0.2, 0) is 24.1 Å². The number of aliphatic hydroxyl groups is 1. The Balaban J connectivity index is 1.86. The van der Waals surface area contributed by atoms with E-state index >= 15 is 0 Å². The molecule has 1 heterocycles. The van der Waals surface area contributed by atoms with Crippen molar-refractivity contribution in [3.63, 3.8) is 0 Å². The van der Waals surface area contributed by atoms with Crippen molar-refractivity contribution < 1.29 is 14.2 Å². The van der Waals surface area contributed by atoms with Gasteiger partial charge in [-0.1, -0.05) is 0 Å². The lowest BCUT2D eigenvalue weighted by Gasteiger charge is -2.20. The van der Waals surface area contributed by atoms with Crippen molar-refractivity contribution in [3.8, 4) is 5.69 Å². The van der Waals surface area contributed by atoms with Crippen LogP contribution in [0, 0.1) is 5.82 Å². The predicted molar refractivity (Wildman–Crippen MR) is 89.8 cm³/mol. The van der Waals surface area contributed by atoms with Crippen molar-refractivity contribution >= 4 is 0 Å². The molecule has 0 spiro atoms. The topological polar surface area (TPSA) is 50.5 Å². The molecule has 0 radical (unpaired) electrons. The number of halogens is 1. The fraction of sp³-hybridized carbons (Fsp3) is 0.500. The lowest BCUT2D eigenvalue weighted by Crippen LogP contribution is -2.30. The van der Waals surface area contributed by atoms with Crippen molar-refractivity contribution in [1.82, 2.24) is 14.7 Å². The minimum Gasteiger partial charge on any atom is -0.395 e. The number of hydrogen-bond acceptors (Lipinski definition) is 4. The first-order valence-corrected chi connectivity index (χ1v) is 8.40. The molecule has 6 heteroatoms. The molecule has 1 aromatic carbocycles. The summed E-state index contributed by atoms with van der Waals surface area (Å²) in [7, 11) is 1.68. The number of fused-ring (bicyclic) bond motifs is 1. The summed E-state index contributed by atoms with van der Waals surface area (Å²) in [5.41, 5.74) is 4.48. The molecule has 0 fully saturated rings. The SMILES string of the molecule is COCCN(CCO)Cc1nn(-c2ccc(F)cc2)c2c1CCC2. The van der Waals surface area contributed by atoms with E-state index in [0.717, 1.165) is 37.2 Å². The van der Waals surface area contributed by atoms with E-state index in [1.54, 1.807) is 19.2 Å². The third-order valence-electron chi connectivity index (χ3n) is 4.49. The summed E-state index contributed by atoms with van der Waals surface area (Å²) in [6.07, 6.45) is 3.15. The van der Waals surface area contributed by atoms with Crippen molar-refractivity contribution in [2.24, 2.45) is 0 Å². The second kappa shape index (κ2) is 7.88. The number of aromatic nitrogens is 2. The van der Waals surface area contributed by atoms with Crippen molar-refractivity contribution in [3.05, 3.63) is 47.0 Å². The molecule has 130 valence electrons. The molecule has 0 unspecified atom stereocenters. The zero-order valence-electron chi connectivity index (χ0n) is 14.0. The van der Waals surface area contributed by atoms with Gasteiger partial charge in [0.25, 0.3) is 0 Å². The van der Waals surface area contributed by atoms with Crippen molar-refractivity contribution in [2.75, 3.05) is 33.4 Å². The quantitative estimate of drug-likeness (QED) is 0.802. The van der Waals surface area contributed by atoms with Crippen LogP contribution in [-0.4, -0.2) is 53.2 Å². The van der Waals surface area contributed by atoms with Gasteiger partial charge >= 0.3 is 0 Å². The monoisotopic (exact) mass is 333 g/mol. The summed E-state index contributed by atoms with van der Waals surface area (Å²) in [5.74, 6) is -0.239. The van der Waals surface area contributed by atoms with E-state index in [1.807, 2.05) is 4.68 Å². The molecule has 1 aromatic heterocycles. The molecule has 1 aliphatic carbocycles. The third-order valence-corrected chi connectivity index (χ3v) is 4.49. The third kappa shape index (κ3) is 3.66. The van der Waals surface area contributed by atoms with Gasteiger partial charge < -0.3 is 9.84 Å². The first-order valence-electron chi connectivity index (χ1n) is 8.40. The van der Waals surface area contributed by atoms with E-state index in [4.69, 9.17) is 9.84 Å². The molecule has 1 N–H and O–H groups in total. The molecule has 1 aliphatic rings. The standard InChI is InChI=1S/C18H24FN3O2/c1-24-12-10-21(9-11-23)13-17-16-3-2-4-18(16)22(20-17)15-7-5-14(19)6-8-15/h5-8,23H,2-4,9-13H2,1H3. The Morgan fingerprint density at radius 2 is 2.04 bits per heavy atom. The average molecular weight is 333 g/mol. The largest absolute Gasteiger partial charge is 0.395 e. The van der Waals surface area contributed by atoms with Crippen LogP contribution in [0.15, 0.2) is 24.3 Å². The summed E-state index contributed by atoms with van der Waals surface area (Å²) in [6.45, 7) is 2.79. The molecule has 0 saturated carbocycles. The molecule has 3 rings (SSSR count). The average Bonchev–Trinajstić information content (AvgIpc) is 3.17. The Kier molecular flexibility index (Phi) is 5.60. The van der Waals surface area contributed by atoms with Gasteiger partial charge in [-0.05, 0) is 49.1 Å². The molecule has 2 aromatic rings. The van der Waals surface area contributed by atoms with Crippen LogP contribution in [0.3, 0.4) is 0 Å². The maximum atomic E-state index is 13.2. The molecule has 0 atom stereocenters. The highest BCUT2D eigenvalue weighted by Gasteiger charge is 2.24. The molecule has 0 bridgehead atoms. The van der Waals surface area contributed by atoms with Gasteiger partial charge in [-0.2, -0.15) is 5.10 Å². The molecule has 5 nitrogen and oxygen atoms in total. The molecular formula is C18H24FN3O2. The number of nitrogens with zero attached hydrogens (tertiary/aromatic N) is 3. The maximum absolute atomic E-state index is 13.2. The van der Waals surface area contributed by atoms with Gasteiger partial charge in [0, 0.05) is 32.4 Å². The summed E-state index contributed by atoms with van der Waals surface area (Å²) in [4.78, 5) is 2.15. The van der Waals surface area contributed by atoms with Gasteiger partial charge in [-0.15, -0.1) is 0 Å². The van der Waals surface area contributed by atoms with Gasteiger partial charge in [0.05, 0.1) is 24.6 Å². The summed E-state index contributed by atoms with van der Waals surface area (Å²) in [6, 6.07) is 6.46. The van der Waals surface area contributed by atoms with Crippen molar-refractivity contribution in [2.45, 2.75) is 25.8 Å². The van der Waals surface area contributed by atoms with Gasteiger partial charge in [0.15, 0.2) is 0 Å². The van der Waals surface area contributed by atoms with Gasteiger partial charge in [0.1, 0.15) is 5.82 Å². The van der Waals surface area contributed by atoms with E-state index in [-0.39, 0.29) is 12.4 Å². The van der Waals surface area contributed by atoms with Crippen LogP contribution >= 0.6 is 0 Å². The van der Waals surface area contributed by atoms with Crippen LogP contribution < -0.4 is 0 Å². The molecule has 0 aliphatic heterocycles. The normalized spacial score (nSPS) is 13.7. The molecule has 0 saturated heterocycles. The highest BCUT2D eigenvalue weighted by atomic mass is 19.1. The number of benzene rings is 1. The predicted octanol–water partition coefficient (Wildman–Crippen LogP) is 1.94. The van der Waals surface area contributed by atoms with Crippen LogP contribution in [0.1, 0.15) is 23.4 Å². The maximum Gasteiger partial charge on any atom is 0.123 e. The number of hydrogen-bond donors (Lipinski definition) is 1. The number of ether oxygens (including phenoxy) is 1. The van der Waals surface area contributed by atoms with E-state index in [1.165, 1.54) is 23.4 Å². The number of methoxy groups -OCH3 is 1. The van der Waals surface area contributed by atoms with Crippen LogP contribution in [0.4, 0.5) is 4.39 Å². The fourth-order valence-corrected chi connectivity index (χ4v) is 3.28. The first kappa shape index (κ1) is 17.1. The first-order chi connectivity index (χ1) is 11.7. The zero-order valence-corrected chi connectivity index (χ0v) is 14.0. The van der Waals surface area contributed by atoms with Crippen molar-refractivity contribution in [1.29, 1.82) is 0 Å². The van der Waals surface area contributed by atoms with E-state index < -0.39 is 0 Å². The Morgan fingerprint density at radius 3 is 2.75 bits per heavy atom. The van der Waals surface area contributed by atoms with Gasteiger partial charge in [-0.3, -0.25) is 4.90 Å². The van der Waals surface area contributed by atoms with E-state index in [0.29, 0.717) is 19.7 Å². The minimum absolute atomic E-state index is 0.116. The number of rotatable bonds is 8. The molecular weight excluding hydrogens is 309 g/mol. The molecule has 24 heavy (non-hydrogen) atoms. The lowest BCUT2D eigenvalue weighted by atomic mass is 10.2. The van der Waals surface area contributed by atoms with Crippen LogP contribution in [0.5, 0.6) is 0 Å². The second-order valence-electron chi connectivity index (χ2n) is 6.11. The summed E-state index contributed by atoms with van der Waals surface area (Å²) < 4.78 is 20.3. The Hall–Kier alpha value is -1.76. The van der Waals surface area contributed by atoms with E-state index in [2.05, 4.69) is 4.90 Å². The lowest BCUT2D eigenvalue weighted by molar-refractivity contribution is 0.126. The fourth-order valence-electron chi connectivity index (χ4n) is 3.28. The minimum atomic E-state index is -0.239. The zero-order chi connectivity index (χ0) is 16.9. The second-order valence-corrected chi connectivity index (χ2v) is 6.11. The Labute approximate surface area is 141 Å². The number of aliphatic hydroxyl groups excluding tert-OH is 1. The summed E-state index contributed by atoms with van der Waals surface area (Å²) in [5, 5.41) is 14.1. The smallest absolute Gasteiger partial charge is 0.123 e.